The number of ether oxygens (including phenoxy) is 1. The zero-order valence-corrected chi connectivity index (χ0v) is 18.1. The minimum absolute atomic E-state index is 0.273. The Labute approximate surface area is 190 Å². The third-order valence-corrected chi connectivity index (χ3v) is 5.71. The molecule has 2 N–H and O–H groups in total. The number of H-pyrrole nitrogens is 1. The maximum absolute atomic E-state index is 13.9. The van der Waals surface area contributed by atoms with Crippen LogP contribution in [-0.2, 0) is 6.42 Å². The molecule has 0 bridgehead atoms. The molecule has 5 aromatic rings. The van der Waals surface area contributed by atoms with Gasteiger partial charge in [-0.1, -0.05) is 48.5 Å². The highest BCUT2D eigenvalue weighted by molar-refractivity contribution is 6.13. The Morgan fingerprint density at radius 2 is 1.82 bits per heavy atom. The predicted octanol–water partition coefficient (Wildman–Crippen LogP) is 5.50. The van der Waals surface area contributed by atoms with Crippen LogP contribution in [0.1, 0.15) is 16.1 Å². The molecule has 0 fully saturated rings. The number of hydrogen-bond donors (Lipinski definition) is 2. The van der Waals surface area contributed by atoms with Crippen LogP contribution in [0.5, 0.6) is 5.75 Å². The lowest BCUT2D eigenvalue weighted by molar-refractivity contribution is 0.0949. The van der Waals surface area contributed by atoms with Crippen LogP contribution in [0.2, 0.25) is 0 Å². The van der Waals surface area contributed by atoms with Gasteiger partial charge in [-0.05, 0) is 42.3 Å². The molecule has 0 atom stereocenters. The van der Waals surface area contributed by atoms with Gasteiger partial charge < -0.3 is 15.0 Å². The molecular formula is C27H22FN3O2. The number of rotatable bonds is 6. The van der Waals surface area contributed by atoms with Gasteiger partial charge in [-0.2, -0.15) is 0 Å². The molecule has 33 heavy (non-hydrogen) atoms. The maximum atomic E-state index is 13.9. The highest BCUT2D eigenvalue weighted by Gasteiger charge is 2.17. The van der Waals surface area contributed by atoms with Crippen LogP contribution in [0.25, 0.3) is 33.1 Å². The Morgan fingerprint density at radius 1 is 1.00 bits per heavy atom. The van der Waals surface area contributed by atoms with E-state index in [4.69, 9.17) is 9.72 Å². The largest absolute Gasteiger partial charge is 0.497 e. The van der Waals surface area contributed by atoms with Crippen molar-refractivity contribution in [3.8, 4) is 17.0 Å². The molecular weight excluding hydrogens is 417 g/mol. The van der Waals surface area contributed by atoms with E-state index in [1.165, 1.54) is 6.07 Å². The fourth-order valence-electron chi connectivity index (χ4n) is 4.04. The molecule has 0 saturated heterocycles. The highest BCUT2D eigenvalue weighted by atomic mass is 19.1. The molecule has 0 spiro atoms. The quantitative estimate of drug-likeness (QED) is 0.367. The molecule has 5 nitrogen and oxygen atoms in total. The summed E-state index contributed by atoms with van der Waals surface area (Å²) in [7, 11) is 1.62. The number of methoxy groups -OCH3 is 1. The fourth-order valence-corrected chi connectivity index (χ4v) is 4.04. The van der Waals surface area contributed by atoms with Crippen molar-refractivity contribution in [3.05, 3.63) is 95.9 Å². The number of pyridine rings is 1. The van der Waals surface area contributed by atoms with Crippen LogP contribution < -0.4 is 10.1 Å². The number of carbonyl (C=O) groups excluding carboxylic acids is 1. The molecule has 2 aromatic heterocycles. The number of benzene rings is 3. The summed E-state index contributed by atoms with van der Waals surface area (Å²) in [5, 5.41) is 4.81. The smallest absolute Gasteiger partial charge is 0.269 e. The van der Waals surface area contributed by atoms with E-state index in [0.717, 1.165) is 27.4 Å². The van der Waals surface area contributed by atoms with Crippen molar-refractivity contribution in [3.63, 3.8) is 0 Å². The van der Waals surface area contributed by atoms with E-state index in [1.54, 1.807) is 31.4 Å². The van der Waals surface area contributed by atoms with Crippen molar-refractivity contribution in [2.45, 2.75) is 6.42 Å². The first kappa shape index (κ1) is 20.7. The minimum atomic E-state index is -0.303. The average molecular weight is 439 g/mol. The molecule has 1 amide bonds. The number of fused-ring (bicyclic) bond motifs is 3. The third kappa shape index (κ3) is 4.03. The Bertz CT molecular complexity index is 1480. The lowest BCUT2D eigenvalue weighted by Gasteiger charge is -2.10. The van der Waals surface area contributed by atoms with Crippen molar-refractivity contribution < 1.29 is 13.9 Å². The van der Waals surface area contributed by atoms with E-state index in [0.29, 0.717) is 35.7 Å². The molecule has 2 heterocycles. The molecule has 0 unspecified atom stereocenters. The average Bonchev–Trinajstić information content (AvgIpc) is 3.23. The number of para-hydroxylation sites is 1. The summed E-state index contributed by atoms with van der Waals surface area (Å²) in [6.45, 7) is 0.307. The first-order chi connectivity index (χ1) is 16.1. The zero-order chi connectivity index (χ0) is 22.8. The van der Waals surface area contributed by atoms with Gasteiger partial charge in [-0.15, -0.1) is 0 Å². The van der Waals surface area contributed by atoms with Gasteiger partial charge in [0.25, 0.3) is 5.91 Å². The summed E-state index contributed by atoms with van der Waals surface area (Å²) in [6, 6.07) is 23.9. The molecule has 0 aliphatic heterocycles. The fraction of sp³-hybridized carbons (Fsp3) is 0.111. The van der Waals surface area contributed by atoms with Gasteiger partial charge in [0.05, 0.1) is 18.3 Å². The van der Waals surface area contributed by atoms with Gasteiger partial charge in [0.15, 0.2) is 0 Å². The molecule has 3 aromatic carbocycles. The summed E-state index contributed by atoms with van der Waals surface area (Å²) < 4.78 is 19.3. The van der Waals surface area contributed by atoms with E-state index in [9.17, 15) is 9.18 Å². The van der Waals surface area contributed by atoms with Crippen molar-refractivity contribution in [1.82, 2.24) is 15.3 Å². The Hall–Kier alpha value is -4.19. The number of hydrogen-bond acceptors (Lipinski definition) is 3. The Balaban J connectivity index is 1.53. The van der Waals surface area contributed by atoms with Gasteiger partial charge in [0.2, 0.25) is 0 Å². The summed E-state index contributed by atoms with van der Waals surface area (Å²) in [5.74, 6) is 0.131. The topological polar surface area (TPSA) is 67.0 Å². The number of carbonyl (C=O) groups is 1. The number of aromatic nitrogens is 2. The summed E-state index contributed by atoms with van der Waals surface area (Å²) in [4.78, 5) is 21.2. The lowest BCUT2D eigenvalue weighted by Crippen LogP contribution is -2.26. The van der Waals surface area contributed by atoms with Crippen LogP contribution in [-0.4, -0.2) is 29.5 Å². The summed E-state index contributed by atoms with van der Waals surface area (Å²) >= 11 is 0. The van der Waals surface area contributed by atoms with E-state index < -0.39 is 0 Å². The summed E-state index contributed by atoms with van der Waals surface area (Å²) in [6.07, 6.45) is 0.399. The maximum Gasteiger partial charge on any atom is 0.269 e. The molecule has 0 radical (unpaired) electrons. The SMILES string of the molecule is COc1cccc(-c2nc(C(=O)NCCc3ccccc3F)cc3c2[nH]c2ccccc23)c1. The molecule has 5 rings (SSSR count). The second-order valence-corrected chi connectivity index (χ2v) is 7.78. The van der Waals surface area contributed by atoms with Crippen molar-refractivity contribution >= 4 is 27.7 Å². The standard InChI is InChI=1S/C27H22FN3O2/c1-33-19-9-6-8-18(15-19)25-26-21(20-10-3-5-12-23(20)30-26)16-24(31-25)27(32)29-14-13-17-7-2-4-11-22(17)28/h2-12,15-16,30H,13-14H2,1H3,(H,29,32). The second kappa shape index (κ2) is 8.74. The lowest BCUT2D eigenvalue weighted by atomic mass is 10.1. The molecule has 0 aliphatic rings. The van der Waals surface area contributed by atoms with Crippen LogP contribution in [0, 0.1) is 5.82 Å². The van der Waals surface area contributed by atoms with Gasteiger partial charge >= 0.3 is 0 Å². The van der Waals surface area contributed by atoms with Gasteiger partial charge in [-0.25, -0.2) is 9.37 Å². The monoisotopic (exact) mass is 439 g/mol. The first-order valence-corrected chi connectivity index (χ1v) is 10.7. The van der Waals surface area contributed by atoms with Crippen molar-refractivity contribution in [1.29, 1.82) is 0 Å². The number of nitrogens with one attached hydrogen (secondary N) is 2. The number of aromatic amines is 1. The van der Waals surface area contributed by atoms with Crippen LogP contribution >= 0.6 is 0 Å². The van der Waals surface area contributed by atoms with Crippen molar-refractivity contribution in [2.24, 2.45) is 0 Å². The van der Waals surface area contributed by atoms with E-state index in [1.807, 2.05) is 48.5 Å². The second-order valence-electron chi connectivity index (χ2n) is 7.78. The minimum Gasteiger partial charge on any atom is -0.497 e. The number of amides is 1. The van der Waals surface area contributed by atoms with E-state index in [-0.39, 0.29) is 11.7 Å². The molecule has 0 saturated carbocycles. The Kier molecular flexibility index (Phi) is 5.48. The van der Waals surface area contributed by atoms with E-state index >= 15 is 0 Å². The highest BCUT2D eigenvalue weighted by Crippen LogP contribution is 2.33. The van der Waals surface area contributed by atoms with Crippen LogP contribution in [0.15, 0.2) is 78.9 Å². The summed E-state index contributed by atoms with van der Waals surface area (Å²) in [5.41, 5.74) is 4.20. The van der Waals surface area contributed by atoms with Gasteiger partial charge in [0.1, 0.15) is 17.3 Å². The number of halogens is 1. The van der Waals surface area contributed by atoms with Crippen LogP contribution in [0.4, 0.5) is 4.39 Å². The van der Waals surface area contributed by atoms with Gasteiger partial charge in [0, 0.05) is 28.4 Å². The normalized spacial score (nSPS) is 11.1. The molecule has 164 valence electrons. The molecule has 6 heteroatoms. The van der Waals surface area contributed by atoms with Crippen LogP contribution in [0.3, 0.4) is 0 Å². The van der Waals surface area contributed by atoms with Gasteiger partial charge in [-0.3, -0.25) is 4.79 Å². The Morgan fingerprint density at radius 3 is 2.67 bits per heavy atom. The van der Waals surface area contributed by atoms with E-state index in [2.05, 4.69) is 10.3 Å². The predicted molar refractivity (Wildman–Crippen MR) is 128 cm³/mol. The first-order valence-electron chi connectivity index (χ1n) is 10.7. The third-order valence-electron chi connectivity index (χ3n) is 5.71. The molecule has 0 aliphatic carbocycles. The van der Waals surface area contributed by atoms with Crippen molar-refractivity contribution in [2.75, 3.05) is 13.7 Å². The zero-order valence-electron chi connectivity index (χ0n) is 18.1. The number of nitrogens with zero attached hydrogens (tertiary/aromatic N) is 1.